The monoisotopic (exact) mass is 111 g/mol. The summed E-state index contributed by atoms with van der Waals surface area (Å²) in [6.07, 6.45) is 1.97. The molecule has 0 spiro atoms. The molecule has 0 fully saturated rings. The third-order valence-electron chi connectivity index (χ3n) is 0.932. The summed E-state index contributed by atoms with van der Waals surface area (Å²) in [5.41, 5.74) is 1.25. The Labute approximate surface area is 48.7 Å². The van der Waals surface area contributed by atoms with E-state index in [0.29, 0.717) is 0 Å². The fourth-order valence-corrected chi connectivity index (χ4v) is 0.629. The molecule has 3 heteroatoms. The second kappa shape index (κ2) is 1.94. The number of rotatable bonds is 0. The lowest BCUT2D eigenvalue weighted by molar-refractivity contribution is 0.428. The highest BCUT2D eigenvalue weighted by Gasteiger charge is 1.95. The van der Waals surface area contributed by atoms with E-state index >= 15 is 0 Å². The second-order valence-corrected chi connectivity index (χ2v) is 1.94. The molecule has 0 radical (unpaired) electrons. The molecule has 0 unspecified atom stereocenters. The van der Waals surface area contributed by atoms with E-state index in [9.17, 15) is 0 Å². The van der Waals surface area contributed by atoms with Gasteiger partial charge < -0.3 is 0 Å². The lowest BCUT2D eigenvalue weighted by atomic mass is 10.3. The van der Waals surface area contributed by atoms with Crippen molar-refractivity contribution in [1.29, 1.82) is 0 Å². The summed E-state index contributed by atoms with van der Waals surface area (Å²) in [5, 5.41) is 9.29. The van der Waals surface area contributed by atoms with E-state index in [1.807, 2.05) is 20.2 Å². The predicted molar refractivity (Wildman–Crippen MR) is 31.2 cm³/mol. The van der Waals surface area contributed by atoms with Crippen molar-refractivity contribution >= 4 is 0 Å². The minimum atomic E-state index is 0.754. The van der Waals surface area contributed by atoms with Gasteiger partial charge in [-0.25, -0.2) is 0 Å². The van der Waals surface area contributed by atoms with Crippen LogP contribution in [0, 0.1) is 0 Å². The molecule has 0 aromatic heterocycles. The normalized spacial score (nSPS) is 18.8. The van der Waals surface area contributed by atoms with Crippen LogP contribution >= 0.6 is 0 Å². The van der Waals surface area contributed by atoms with Crippen molar-refractivity contribution in [1.82, 2.24) is 5.01 Å². The predicted octanol–water partition coefficient (Wildman–Crippen LogP) is 1.20. The molecule has 1 aliphatic rings. The molecular formula is C5H9N3. The lowest BCUT2D eigenvalue weighted by Crippen LogP contribution is -2.06. The number of nitrogens with zero attached hydrogens (tertiary/aromatic N) is 3. The summed E-state index contributed by atoms with van der Waals surface area (Å²) < 4.78 is 0. The standard InChI is InChI=1S/C5H9N3/c1-5-3-6-7-8(2)4-5/h4H,3H2,1-2H3. The Balaban J connectivity index is 2.60. The molecule has 0 aromatic carbocycles. The van der Waals surface area contributed by atoms with Gasteiger partial charge >= 0.3 is 0 Å². The van der Waals surface area contributed by atoms with Gasteiger partial charge in [-0.2, -0.15) is 5.11 Å². The molecule has 1 rings (SSSR count). The van der Waals surface area contributed by atoms with Gasteiger partial charge in [-0.1, -0.05) is 5.22 Å². The first-order valence-electron chi connectivity index (χ1n) is 2.56. The highest BCUT2D eigenvalue weighted by atomic mass is 15.5. The van der Waals surface area contributed by atoms with Crippen LogP contribution in [0.5, 0.6) is 0 Å². The molecule has 0 aliphatic carbocycles. The summed E-state index contributed by atoms with van der Waals surface area (Å²) in [7, 11) is 1.87. The van der Waals surface area contributed by atoms with Gasteiger partial charge in [-0.15, -0.1) is 0 Å². The van der Waals surface area contributed by atoms with Crippen LogP contribution in [0.3, 0.4) is 0 Å². The van der Waals surface area contributed by atoms with Gasteiger partial charge in [0.05, 0.1) is 6.54 Å². The van der Waals surface area contributed by atoms with Gasteiger partial charge in [0.1, 0.15) is 0 Å². The molecule has 1 aliphatic heterocycles. The molecule has 0 bridgehead atoms. The maximum Gasteiger partial charge on any atom is 0.0845 e. The third kappa shape index (κ3) is 1.05. The molecule has 0 saturated heterocycles. The van der Waals surface area contributed by atoms with Crippen LogP contribution in [0.25, 0.3) is 0 Å². The molecule has 8 heavy (non-hydrogen) atoms. The van der Waals surface area contributed by atoms with Crippen molar-refractivity contribution in [2.24, 2.45) is 10.3 Å². The van der Waals surface area contributed by atoms with E-state index in [0.717, 1.165) is 6.54 Å². The quantitative estimate of drug-likeness (QED) is 0.461. The third-order valence-corrected chi connectivity index (χ3v) is 0.932. The topological polar surface area (TPSA) is 28.0 Å². The van der Waals surface area contributed by atoms with Gasteiger partial charge in [-0.05, 0) is 12.5 Å². The van der Waals surface area contributed by atoms with E-state index in [4.69, 9.17) is 0 Å². The smallest absolute Gasteiger partial charge is 0.0845 e. The summed E-state index contributed by atoms with van der Waals surface area (Å²) in [6, 6.07) is 0. The zero-order valence-electron chi connectivity index (χ0n) is 5.13. The molecule has 44 valence electrons. The fraction of sp³-hybridized carbons (Fsp3) is 0.600. The van der Waals surface area contributed by atoms with Crippen LogP contribution in [0.4, 0.5) is 0 Å². The van der Waals surface area contributed by atoms with Crippen LogP contribution in [-0.2, 0) is 0 Å². The highest BCUT2D eigenvalue weighted by molar-refractivity contribution is 4.99. The first kappa shape index (κ1) is 5.28. The number of hydrogen-bond acceptors (Lipinski definition) is 3. The first-order chi connectivity index (χ1) is 3.79. The summed E-state index contributed by atoms with van der Waals surface area (Å²) >= 11 is 0. The Morgan fingerprint density at radius 1 is 1.75 bits per heavy atom. The minimum absolute atomic E-state index is 0.754. The molecular weight excluding hydrogens is 102 g/mol. The molecule has 0 N–H and O–H groups in total. The number of hydrogen-bond donors (Lipinski definition) is 0. The van der Waals surface area contributed by atoms with Crippen LogP contribution in [0.15, 0.2) is 22.1 Å². The van der Waals surface area contributed by atoms with Gasteiger partial charge in [0.15, 0.2) is 0 Å². The maximum atomic E-state index is 3.82. The van der Waals surface area contributed by atoms with Crippen molar-refractivity contribution in [3.8, 4) is 0 Å². The zero-order chi connectivity index (χ0) is 5.98. The van der Waals surface area contributed by atoms with Gasteiger partial charge in [0.2, 0.25) is 0 Å². The van der Waals surface area contributed by atoms with Crippen LogP contribution in [-0.4, -0.2) is 18.6 Å². The molecule has 0 aromatic rings. The summed E-state index contributed by atoms with van der Waals surface area (Å²) in [6.45, 7) is 2.79. The summed E-state index contributed by atoms with van der Waals surface area (Å²) in [4.78, 5) is 0. The Morgan fingerprint density at radius 3 is 2.88 bits per heavy atom. The van der Waals surface area contributed by atoms with E-state index < -0.39 is 0 Å². The molecule has 0 amide bonds. The minimum Gasteiger partial charge on any atom is -0.258 e. The fourth-order valence-electron chi connectivity index (χ4n) is 0.629. The Morgan fingerprint density at radius 2 is 2.50 bits per heavy atom. The SMILES string of the molecule is CC1=CN(C)N=NC1. The Kier molecular flexibility index (Phi) is 1.28. The van der Waals surface area contributed by atoms with Crippen LogP contribution in [0.2, 0.25) is 0 Å². The summed E-state index contributed by atoms with van der Waals surface area (Å²) in [5.74, 6) is 0. The van der Waals surface area contributed by atoms with Crippen LogP contribution in [0.1, 0.15) is 6.92 Å². The van der Waals surface area contributed by atoms with E-state index in [2.05, 4.69) is 10.3 Å². The van der Waals surface area contributed by atoms with E-state index in [1.54, 1.807) is 5.01 Å². The van der Waals surface area contributed by atoms with Crippen LogP contribution < -0.4 is 0 Å². The molecule has 3 nitrogen and oxygen atoms in total. The van der Waals surface area contributed by atoms with Gasteiger partial charge in [0.25, 0.3) is 0 Å². The first-order valence-corrected chi connectivity index (χ1v) is 2.56. The lowest BCUT2D eigenvalue weighted by Gasteiger charge is -2.09. The van der Waals surface area contributed by atoms with Crippen molar-refractivity contribution in [2.75, 3.05) is 13.6 Å². The van der Waals surface area contributed by atoms with Crippen molar-refractivity contribution in [3.05, 3.63) is 11.8 Å². The van der Waals surface area contributed by atoms with Gasteiger partial charge in [-0.3, -0.25) is 5.01 Å². The maximum absolute atomic E-state index is 3.82. The average molecular weight is 111 g/mol. The molecule has 0 atom stereocenters. The Bertz CT molecular complexity index is 137. The van der Waals surface area contributed by atoms with E-state index in [1.165, 1.54) is 5.57 Å². The molecule has 0 saturated carbocycles. The zero-order valence-corrected chi connectivity index (χ0v) is 5.13. The van der Waals surface area contributed by atoms with Crippen molar-refractivity contribution < 1.29 is 0 Å². The second-order valence-electron chi connectivity index (χ2n) is 1.94. The van der Waals surface area contributed by atoms with Gasteiger partial charge in [0, 0.05) is 13.2 Å². The van der Waals surface area contributed by atoms with Crippen molar-refractivity contribution in [2.45, 2.75) is 6.92 Å². The average Bonchev–Trinajstić information content (AvgIpc) is 1.64. The largest absolute Gasteiger partial charge is 0.258 e. The Hall–Kier alpha value is -0.860. The molecule has 1 heterocycles. The van der Waals surface area contributed by atoms with E-state index in [-0.39, 0.29) is 0 Å². The highest BCUT2D eigenvalue weighted by Crippen LogP contribution is 2.02. The van der Waals surface area contributed by atoms with Crippen molar-refractivity contribution in [3.63, 3.8) is 0 Å².